The number of aromatic nitrogens is 2. The first kappa shape index (κ1) is 17.9. The SMILES string of the molecule is Cc1cccn2c(=O)cc(CN3CCC(C(C)N)CC3)nc12.Cl. The van der Waals surface area contributed by atoms with Gasteiger partial charge < -0.3 is 5.73 Å². The summed E-state index contributed by atoms with van der Waals surface area (Å²) in [6, 6.07) is 5.79. The van der Waals surface area contributed by atoms with Gasteiger partial charge in [-0.3, -0.25) is 14.1 Å². The Morgan fingerprint density at radius 1 is 1.39 bits per heavy atom. The van der Waals surface area contributed by atoms with E-state index >= 15 is 0 Å². The third-order valence-corrected chi connectivity index (χ3v) is 4.70. The van der Waals surface area contributed by atoms with Crippen molar-refractivity contribution < 1.29 is 0 Å². The fraction of sp³-hybridized carbons (Fsp3) is 0.529. The predicted octanol–water partition coefficient (Wildman–Crippen LogP) is 1.98. The molecule has 23 heavy (non-hydrogen) atoms. The van der Waals surface area contributed by atoms with Crippen LogP contribution in [0, 0.1) is 12.8 Å². The van der Waals surface area contributed by atoms with Crippen LogP contribution >= 0.6 is 12.4 Å². The number of rotatable bonds is 3. The number of piperidine rings is 1. The lowest BCUT2D eigenvalue weighted by atomic mass is 9.91. The van der Waals surface area contributed by atoms with Crippen LogP contribution in [0.2, 0.25) is 0 Å². The third kappa shape index (κ3) is 3.91. The molecule has 3 heterocycles. The number of likely N-dealkylation sites (tertiary alicyclic amines) is 1. The van der Waals surface area contributed by atoms with E-state index in [0.717, 1.165) is 49.4 Å². The van der Waals surface area contributed by atoms with Crippen LogP contribution in [0.4, 0.5) is 0 Å². The van der Waals surface area contributed by atoms with Gasteiger partial charge in [0.1, 0.15) is 5.65 Å². The number of halogens is 1. The molecule has 1 unspecified atom stereocenters. The molecule has 5 nitrogen and oxygen atoms in total. The average molecular weight is 337 g/mol. The van der Waals surface area contributed by atoms with Gasteiger partial charge in [0.15, 0.2) is 0 Å². The zero-order valence-corrected chi connectivity index (χ0v) is 14.6. The van der Waals surface area contributed by atoms with Crippen LogP contribution in [0.5, 0.6) is 0 Å². The molecule has 126 valence electrons. The highest BCUT2D eigenvalue weighted by molar-refractivity contribution is 5.85. The third-order valence-electron chi connectivity index (χ3n) is 4.70. The normalized spacial score (nSPS) is 17.9. The lowest BCUT2D eigenvalue weighted by molar-refractivity contribution is 0.164. The zero-order chi connectivity index (χ0) is 15.7. The largest absolute Gasteiger partial charge is 0.328 e. The molecule has 0 saturated carbocycles. The number of aryl methyl sites for hydroxylation is 1. The van der Waals surface area contributed by atoms with Crippen molar-refractivity contribution in [3.8, 4) is 0 Å². The van der Waals surface area contributed by atoms with Crippen molar-refractivity contribution in [2.24, 2.45) is 11.7 Å². The van der Waals surface area contributed by atoms with Crippen LogP contribution in [0.25, 0.3) is 5.65 Å². The summed E-state index contributed by atoms with van der Waals surface area (Å²) >= 11 is 0. The first-order chi connectivity index (χ1) is 10.5. The van der Waals surface area contributed by atoms with Crippen LogP contribution in [-0.4, -0.2) is 33.4 Å². The van der Waals surface area contributed by atoms with Crippen molar-refractivity contribution in [1.29, 1.82) is 0 Å². The molecule has 1 aliphatic rings. The molecule has 0 aliphatic carbocycles. The summed E-state index contributed by atoms with van der Waals surface area (Å²) in [5.41, 5.74) is 8.63. The molecule has 1 aliphatic heterocycles. The Morgan fingerprint density at radius 2 is 2.09 bits per heavy atom. The smallest absolute Gasteiger partial charge is 0.258 e. The second-order valence-corrected chi connectivity index (χ2v) is 6.44. The van der Waals surface area contributed by atoms with Gasteiger partial charge in [-0.2, -0.15) is 0 Å². The molecule has 0 aromatic carbocycles. The fourth-order valence-corrected chi connectivity index (χ4v) is 3.26. The van der Waals surface area contributed by atoms with Gasteiger partial charge >= 0.3 is 0 Å². The predicted molar refractivity (Wildman–Crippen MR) is 95.1 cm³/mol. The maximum Gasteiger partial charge on any atom is 0.258 e. The van der Waals surface area contributed by atoms with Crippen molar-refractivity contribution in [2.75, 3.05) is 13.1 Å². The molecule has 2 N–H and O–H groups in total. The first-order valence-electron chi connectivity index (χ1n) is 8.00. The highest BCUT2D eigenvalue weighted by atomic mass is 35.5. The van der Waals surface area contributed by atoms with Gasteiger partial charge in [-0.15, -0.1) is 12.4 Å². The number of nitrogens with zero attached hydrogens (tertiary/aromatic N) is 3. The Balaban J connectivity index is 0.00000192. The highest BCUT2D eigenvalue weighted by Gasteiger charge is 2.22. The maximum absolute atomic E-state index is 12.2. The van der Waals surface area contributed by atoms with Gasteiger partial charge in [0.05, 0.1) is 5.69 Å². The summed E-state index contributed by atoms with van der Waals surface area (Å²) in [7, 11) is 0. The van der Waals surface area contributed by atoms with Gasteiger partial charge in [0, 0.05) is 24.8 Å². The summed E-state index contributed by atoms with van der Waals surface area (Å²) in [5.74, 6) is 0.619. The molecule has 0 bridgehead atoms. The summed E-state index contributed by atoms with van der Waals surface area (Å²) in [4.78, 5) is 19.3. The van der Waals surface area contributed by atoms with Gasteiger partial charge in [0.25, 0.3) is 5.56 Å². The highest BCUT2D eigenvalue weighted by Crippen LogP contribution is 2.20. The summed E-state index contributed by atoms with van der Waals surface area (Å²) in [5, 5.41) is 0. The Labute approximate surface area is 142 Å². The Bertz CT molecular complexity index is 720. The van der Waals surface area contributed by atoms with Crippen LogP contribution in [0.3, 0.4) is 0 Å². The Hall–Kier alpha value is -1.43. The van der Waals surface area contributed by atoms with E-state index in [0.29, 0.717) is 5.92 Å². The van der Waals surface area contributed by atoms with E-state index in [1.54, 1.807) is 16.7 Å². The topological polar surface area (TPSA) is 63.6 Å². The minimum atomic E-state index is -0.00540. The molecule has 2 aromatic rings. The molecule has 1 atom stereocenters. The lowest BCUT2D eigenvalue weighted by Gasteiger charge is -2.33. The monoisotopic (exact) mass is 336 g/mol. The van der Waals surface area contributed by atoms with Crippen molar-refractivity contribution >= 4 is 18.1 Å². The van der Waals surface area contributed by atoms with Crippen molar-refractivity contribution in [3.05, 3.63) is 46.0 Å². The van der Waals surface area contributed by atoms with Crippen molar-refractivity contribution in [2.45, 2.75) is 39.3 Å². The number of nitrogens with two attached hydrogens (primary N) is 1. The van der Waals surface area contributed by atoms with E-state index in [-0.39, 0.29) is 24.0 Å². The zero-order valence-electron chi connectivity index (χ0n) is 13.7. The molecular weight excluding hydrogens is 312 g/mol. The van der Waals surface area contributed by atoms with Gasteiger partial charge in [-0.05, 0) is 57.3 Å². The summed E-state index contributed by atoms with van der Waals surface area (Å²) in [6.07, 6.45) is 4.03. The standard InChI is InChI=1S/C17H24N4O.ClH/c1-12-4-3-7-21-16(22)10-15(19-17(12)21)11-20-8-5-14(6-9-20)13(2)18;/h3-4,7,10,13-14H,5-6,8-9,11,18H2,1-2H3;1H. The first-order valence-corrected chi connectivity index (χ1v) is 8.00. The van der Waals surface area contributed by atoms with E-state index < -0.39 is 0 Å². The van der Waals surface area contributed by atoms with Gasteiger partial charge in [-0.25, -0.2) is 4.98 Å². The fourth-order valence-electron chi connectivity index (χ4n) is 3.26. The summed E-state index contributed by atoms with van der Waals surface area (Å²) < 4.78 is 1.61. The number of pyridine rings is 1. The molecule has 0 radical (unpaired) electrons. The lowest BCUT2D eigenvalue weighted by Crippen LogP contribution is -2.39. The van der Waals surface area contributed by atoms with Gasteiger partial charge in [-0.1, -0.05) is 6.07 Å². The number of fused-ring (bicyclic) bond motifs is 1. The number of hydrogen-bond acceptors (Lipinski definition) is 4. The van der Waals surface area contributed by atoms with E-state index in [2.05, 4.69) is 16.8 Å². The second kappa shape index (κ2) is 7.43. The number of hydrogen-bond donors (Lipinski definition) is 1. The molecule has 3 rings (SSSR count). The maximum atomic E-state index is 12.2. The molecule has 2 aromatic heterocycles. The minimum Gasteiger partial charge on any atom is -0.328 e. The Kier molecular flexibility index (Phi) is 5.79. The van der Waals surface area contributed by atoms with E-state index in [9.17, 15) is 4.79 Å². The van der Waals surface area contributed by atoms with Crippen LogP contribution in [0.1, 0.15) is 31.0 Å². The molecular formula is C17H25ClN4O. The molecule has 1 fully saturated rings. The van der Waals surface area contributed by atoms with Crippen molar-refractivity contribution in [3.63, 3.8) is 0 Å². The van der Waals surface area contributed by atoms with Crippen LogP contribution < -0.4 is 11.3 Å². The van der Waals surface area contributed by atoms with E-state index in [1.165, 1.54) is 0 Å². The van der Waals surface area contributed by atoms with Gasteiger partial charge in [0.2, 0.25) is 0 Å². The molecule has 1 saturated heterocycles. The minimum absolute atomic E-state index is 0. The molecule has 6 heteroatoms. The van der Waals surface area contributed by atoms with Crippen LogP contribution in [0.15, 0.2) is 29.2 Å². The van der Waals surface area contributed by atoms with Crippen molar-refractivity contribution in [1.82, 2.24) is 14.3 Å². The Morgan fingerprint density at radius 3 is 2.74 bits per heavy atom. The molecule has 0 spiro atoms. The summed E-state index contributed by atoms with van der Waals surface area (Å²) in [6.45, 7) is 6.88. The molecule has 0 amide bonds. The van der Waals surface area contributed by atoms with Crippen LogP contribution in [-0.2, 0) is 6.54 Å². The second-order valence-electron chi connectivity index (χ2n) is 6.44. The van der Waals surface area contributed by atoms with E-state index in [4.69, 9.17) is 5.73 Å². The quantitative estimate of drug-likeness (QED) is 0.931. The van der Waals surface area contributed by atoms with E-state index in [1.807, 2.05) is 19.1 Å². The average Bonchev–Trinajstić information content (AvgIpc) is 2.49.